The van der Waals surface area contributed by atoms with Gasteiger partial charge >= 0.3 is 0 Å². The number of benzene rings is 2. The van der Waals surface area contributed by atoms with E-state index in [9.17, 15) is 4.79 Å². The molecule has 0 fully saturated rings. The van der Waals surface area contributed by atoms with Crippen LogP contribution >= 0.6 is 15.9 Å². The summed E-state index contributed by atoms with van der Waals surface area (Å²) in [6.07, 6.45) is 1.55. The van der Waals surface area contributed by atoms with Crippen LogP contribution in [0.15, 0.2) is 64.2 Å². The molecule has 0 unspecified atom stereocenters. The number of aromatic nitrogens is 2. The lowest BCUT2D eigenvalue weighted by molar-refractivity contribution is 0.0950. The van der Waals surface area contributed by atoms with Gasteiger partial charge in [-0.15, -0.1) is 0 Å². The van der Waals surface area contributed by atoms with Gasteiger partial charge in [-0.1, -0.05) is 30.3 Å². The maximum atomic E-state index is 12.1. The summed E-state index contributed by atoms with van der Waals surface area (Å²) in [5, 5.41) is 10.8. The van der Waals surface area contributed by atoms with Crippen LogP contribution < -0.4 is 10.2 Å². The fraction of sp³-hybridized carbons (Fsp3) is 0.0556. The highest BCUT2D eigenvalue weighted by atomic mass is 79.9. The zero-order valence-electron chi connectivity index (χ0n) is 13.4. The largest absolute Gasteiger partial charge is 0.496 e. The molecule has 1 aromatic heterocycles. The lowest BCUT2D eigenvalue weighted by Gasteiger charge is -2.03. The number of hydrogen-bond donors (Lipinski definition) is 2. The highest BCUT2D eigenvalue weighted by molar-refractivity contribution is 9.10. The molecule has 0 bridgehead atoms. The van der Waals surface area contributed by atoms with Crippen molar-refractivity contribution >= 4 is 28.1 Å². The van der Waals surface area contributed by atoms with E-state index in [1.54, 1.807) is 19.4 Å². The van der Waals surface area contributed by atoms with Crippen molar-refractivity contribution in [2.75, 3.05) is 7.11 Å². The van der Waals surface area contributed by atoms with Crippen LogP contribution in [-0.4, -0.2) is 29.4 Å². The molecular formula is C18H15BrN4O2. The van der Waals surface area contributed by atoms with Crippen LogP contribution in [0.5, 0.6) is 5.75 Å². The molecule has 2 N–H and O–H groups in total. The maximum absolute atomic E-state index is 12.1. The van der Waals surface area contributed by atoms with Crippen molar-refractivity contribution in [1.29, 1.82) is 0 Å². The summed E-state index contributed by atoms with van der Waals surface area (Å²) in [7, 11) is 1.60. The van der Waals surface area contributed by atoms with Crippen LogP contribution in [0.1, 0.15) is 16.1 Å². The van der Waals surface area contributed by atoms with Gasteiger partial charge in [0, 0.05) is 5.56 Å². The molecule has 0 spiro atoms. The summed E-state index contributed by atoms with van der Waals surface area (Å²) in [5.74, 6) is 0.366. The van der Waals surface area contributed by atoms with Gasteiger partial charge < -0.3 is 4.74 Å². The molecule has 126 valence electrons. The standard InChI is InChI=1S/C18H15BrN4O2/c1-25-17-8-7-12(9-14(17)19)11-20-23-18(24)16-10-15(21-22-16)13-5-3-2-4-6-13/h2-11H,1H3,(H,21,22)(H,23,24)/b20-11+. The Labute approximate surface area is 153 Å². The van der Waals surface area contributed by atoms with Crippen molar-refractivity contribution in [3.63, 3.8) is 0 Å². The van der Waals surface area contributed by atoms with Gasteiger partial charge in [0.2, 0.25) is 0 Å². The van der Waals surface area contributed by atoms with Gasteiger partial charge in [0.15, 0.2) is 0 Å². The molecule has 0 aliphatic heterocycles. The number of hydrazone groups is 1. The minimum atomic E-state index is -0.362. The second kappa shape index (κ2) is 7.76. The molecule has 2 aromatic carbocycles. The SMILES string of the molecule is COc1ccc(/C=N/NC(=O)c2cc(-c3ccccc3)n[nH]2)cc1Br. The predicted octanol–water partition coefficient (Wildman–Crippen LogP) is 3.61. The third-order valence-corrected chi connectivity index (χ3v) is 4.07. The van der Waals surface area contributed by atoms with Crippen LogP contribution in [0, 0.1) is 0 Å². The molecule has 0 aliphatic carbocycles. The van der Waals surface area contributed by atoms with Crippen molar-refractivity contribution < 1.29 is 9.53 Å². The average molecular weight is 399 g/mol. The van der Waals surface area contributed by atoms with Gasteiger partial charge in [0.1, 0.15) is 11.4 Å². The van der Waals surface area contributed by atoms with E-state index in [4.69, 9.17) is 4.74 Å². The van der Waals surface area contributed by atoms with Crippen LogP contribution in [0.25, 0.3) is 11.3 Å². The molecule has 1 heterocycles. The lowest BCUT2D eigenvalue weighted by atomic mass is 10.1. The summed E-state index contributed by atoms with van der Waals surface area (Å²) in [6.45, 7) is 0. The van der Waals surface area contributed by atoms with Gasteiger partial charge in [-0.2, -0.15) is 10.2 Å². The normalized spacial score (nSPS) is 10.8. The minimum absolute atomic E-state index is 0.340. The number of H-pyrrole nitrogens is 1. The number of nitrogens with one attached hydrogen (secondary N) is 2. The summed E-state index contributed by atoms with van der Waals surface area (Å²) in [4.78, 5) is 12.1. The molecule has 25 heavy (non-hydrogen) atoms. The molecule has 3 aromatic rings. The first-order valence-electron chi connectivity index (χ1n) is 7.45. The van der Waals surface area contributed by atoms with Crippen LogP contribution in [0.4, 0.5) is 0 Å². The Balaban J connectivity index is 1.65. The molecule has 0 atom stereocenters. The Bertz CT molecular complexity index is 906. The number of amides is 1. The van der Waals surface area contributed by atoms with Crippen LogP contribution in [-0.2, 0) is 0 Å². The molecule has 1 amide bonds. The Kier molecular flexibility index (Phi) is 5.25. The molecule has 3 rings (SSSR count). The van der Waals surface area contributed by atoms with E-state index < -0.39 is 0 Å². The number of ether oxygens (including phenoxy) is 1. The van der Waals surface area contributed by atoms with Gasteiger partial charge in [0.25, 0.3) is 5.91 Å². The summed E-state index contributed by atoms with van der Waals surface area (Å²) in [6, 6.07) is 16.8. The third kappa shape index (κ3) is 4.13. The zero-order chi connectivity index (χ0) is 17.6. The average Bonchev–Trinajstić information content (AvgIpc) is 3.13. The number of methoxy groups -OCH3 is 1. The minimum Gasteiger partial charge on any atom is -0.496 e. The number of carbonyl (C=O) groups excluding carboxylic acids is 1. The van der Waals surface area contributed by atoms with Crippen molar-refractivity contribution in [2.45, 2.75) is 0 Å². The molecule has 7 heteroatoms. The van der Waals surface area contributed by atoms with Gasteiger partial charge in [-0.25, -0.2) is 5.43 Å². The number of hydrogen-bond acceptors (Lipinski definition) is 4. The number of halogens is 1. The number of nitrogens with zero attached hydrogens (tertiary/aromatic N) is 2. The third-order valence-electron chi connectivity index (χ3n) is 3.45. The van der Waals surface area contributed by atoms with Crippen molar-refractivity contribution in [2.24, 2.45) is 5.10 Å². The first kappa shape index (κ1) is 16.9. The fourth-order valence-electron chi connectivity index (χ4n) is 2.18. The fourth-order valence-corrected chi connectivity index (χ4v) is 2.74. The quantitative estimate of drug-likeness (QED) is 0.508. The zero-order valence-corrected chi connectivity index (χ0v) is 14.9. The Morgan fingerprint density at radius 1 is 1.24 bits per heavy atom. The summed E-state index contributed by atoms with van der Waals surface area (Å²) in [5.41, 5.74) is 5.27. The van der Waals surface area contributed by atoms with E-state index in [1.807, 2.05) is 48.5 Å². The van der Waals surface area contributed by atoms with Gasteiger partial charge in [-0.05, 0) is 45.8 Å². The van der Waals surface area contributed by atoms with Crippen molar-refractivity contribution in [3.8, 4) is 17.0 Å². The second-order valence-corrected chi connectivity index (χ2v) is 5.98. The second-order valence-electron chi connectivity index (χ2n) is 5.13. The molecule has 0 saturated carbocycles. The van der Waals surface area contributed by atoms with Gasteiger partial charge in [-0.3, -0.25) is 9.89 Å². The Morgan fingerprint density at radius 3 is 2.76 bits per heavy atom. The van der Waals surface area contributed by atoms with E-state index in [0.717, 1.165) is 21.3 Å². The number of aromatic amines is 1. The Morgan fingerprint density at radius 2 is 2.04 bits per heavy atom. The lowest BCUT2D eigenvalue weighted by Crippen LogP contribution is -2.18. The van der Waals surface area contributed by atoms with E-state index in [-0.39, 0.29) is 5.91 Å². The monoisotopic (exact) mass is 398 g/mol. The first-order valence-corrected chi connectivity index (χ1v) is 8.24. The highest BCUT2D eigenvalue weighted by Crippen LogP contribution is 2.24. The van der Waals surface area contributed by atoms with E-state index >= 15 is 0 Å². The first-order chi connectivity index (χ1) is 12.2. The van der Waals surface area contributed by atoms with Crippen molar-refractivity contribution in [3.05, 3.63) is 70.3 Å². The van der Waals surface area contributed by atoms with E-state index in [2.05, 4.69) is 36.7 Å². The molecule has 0 aliphatic rings. The van der Waals surface area contributed by atoms with Crippen molar-refractivity contribution in [1.82, 2.24) is 15.6 Å². The molecule has 0 saturated heterocycles. The summed E-state index contributed by atoms with van der Waals surface area (Å²) < 4.78 is 5.98. The smallest absolute Gasteiger partial charge is 0.289 e. The number of rotatable bonds is 5. The van der Waals surface area contributed by atoms with Gasteiger partial charge in [0.05, 0.1) is 23.5 Å². The Hall–Kier alpha value is -2.93. The van der Waals surface area contributed by atoms with Crippen LogP contribution in [0.3, 0.4) is 0 Å². The highest BCUT2D eigenvalue weighted by Gasteiger charge is 2.10. The summed E-state index contributed by atoms with van der Waals surface area (Å²) >= 11 is 3.40. The van der Waals surface area contributed by atoms with E-state index in [0.29, 0.717) is 11.4 Å². The van der Waals surface area contributed by atoms with E-state index in [1.165, 1.54) is 0 Å². The number of carbonyl (C=O) groups is 1. The van der Waals surface area contributed by atoms with Crippen LogP contribution in [0.2, 0.25) is 0 Å². The topological polar surface area (TPSA) is 79.4 Å². The molecular weight excluding hydrogens is 384 g/mol. The molecule has 0 radical (unpaired) electrons. The maximum Gasteiger partial charge on any atom is 0.289 e. The molecule has 6 nitrogen and oxygen atoms in total. The predicted molar refractivity (Wildman–Crippen MR) is 99.8 cm³/mol.